The summed E-state index contributed by atoms with van der Waals surface area (Å²) >= 11 is 0. The average Bonchev–Trinajstić information content (AvgIpc) is 2.72. The second kappa shape index (κ2) is 4.96. The molecule has 0 bridgehead atoms. The smallest absolute Gasteiger partial charge is 0.186 e. The lowest BCUT2D eigenvalue weighted by molar-refractivity contribution is 0.104. The molecule has 0 amide bonds. The zero-order valence-electron chi connectivity index (χ0n) is 10.2. The minimum absolute atomic E-state index is 0.142. The van der Waals surface area contributed by atoms with Crippen LogP contribution in [0.2, 0.25) is 0 Å². The van der Waals surface area contributed by atoms with E-state index >= 15 is 0 Å². The summed E-state index contributed by atoms with van der Waals surface area (Å²) in [5.74, 6) is -0.475. The van der Waals surface area contributed by atoms with E-state index in [0.29, 0.717) is 11.1 Å². The molecular weight excluding hydrogens is 231 g/mol. The quantitative estimate of drug-likeness (QED) is 0.614. The monoisotopic (exact) mass is 244 g/mol. The van der Waals surface area contributed by atoms with E-state index in [0.717, 1.165) is 5.56 Å². The molecule has 4 heteroatoms. The lowest BCUT2D eigenvalue weighted by atomic mass is 10.0. The van der Waals surface area contributed by atoms with Gasteiger partial charge in [0.1, 0.15) is 5.82 Å². The van der Waals surface area contributed by atoms with Gasteiger partial charge in [0.15, 0.2) is 5.78 Å². The molecule has 92 valence electrons. The third kappa shape index (κ3) is 2.71. The summed E-state index contributed by atoms with van der Waals surface area (Å²) in [5.41, 5.74) is 2.00. The van der Waals surface area contributed by atoms with Gasteiger partial charge in [-0.15, -0.1) is 0 Å². The Labute approximate surface area is 105 Å². The molecule has 0 saturated carbocycles. The summed E-state index contributed by atoms with van der Waals surface area (Å²) in [6.07, 6.45) is 6.64. The number of nitrogens with zero attached hydrogens (tertiary/aromatic N) is 2. The molecule has 18 heavy (non-hydrogen) atoms. The first-order valence-corrected chi connectivity index (χ1v) is 5.53. The Morgan fingerprint density at radius 2 is 2.22 bits per heavy atom. The summed E-state index contributed by atoms with van der Waals surface area (Å²) in [6, 6.07) is 4.14. The van der Waals surface area contributed by atoms with Gasteiger partial charge in [-0.25, -0.2) is 4.39 Å². The van der Waals surface area contributed by atoms with Gasteiger partial charge in [-0.1, -0.05) is 0 Å². The molecule has 0 spiro atoms. The Hall–Kier alpha value is -2.23. The van der Waals surface area contributed by atoms with E-state index < -0.39 is 0 Å². The number of carbonyl (C=O) groups excluding carboxylic acids is 1. The van der Waals surface area contributed by atoms with Crippen LogP contribution in [-0.4, -0.2) is 15.6 Å². The maximum atomic E-state index is 12.9. The fourth-order valence-electron chi connectivity index (χ4n) is 1.69. The van der Waals surface area contributed by atoms with Crippen molar-refractivity contribution in [2.45, 2.75) is 6.92 Å². The van der Waals surface area contributed by atoms with Crippen molar-refractivity contribution >= 4 is 11.9 Å². The lowest BCUT2D eigenvalue weighted by Gasteiger charge is -2.00. The molecule has 2 rings (SSSR count). The normalized spacial score (nSPS) is 11.1. The molecule has 0 radical (unpaired) electrons. The van der Waals surface area contributed by atoms with Crippen LogP contribution < -0.4 is 0 Å². The van der Waals surface area contributed by atoms with Gasteiger partial charge in [0.2, 0.25) is 0 Å². The number of hydrogen-bond acceptors (Lipinski definition) is 2. The van der Waals surface area contributed by atoms with Gasteiger partial charge < -0.3 is 0 Å². The molecule has 0 aliphatic heterocycles. The highest BCUT2D eigenvalue weighted by atomic mass is 19.1. The SMILES string of the molecule is Cc1cc(F)ccc1C(=O)/C=C/c1cnn(C)c1. The van der Waals surface area contributed by atoms with Crippen LogP contribution in [0.4, 0.5) is 4.39 Å². The first kappa shape index (κ1) is 12.2. The van der Waals surface area contributed by atoms with Gasteiger partial charge in [-0.3, -0.25) is 9.48 Å². The van der Waals surface area contributed by atoms with Crippen LogP contribution in [0.25, 0.3) is 6.08 Å². The van der Waals surface area contributed by atoms with Crippen LogP contribution >= 0.6 is 0 Å². The van der Waals surface area contributed by atoms with E-state index in [1.165, 1.54) is 24.3 Å². The van der Waals surface area contributed by atoms with Gasteiger partial charge in [-0.2, -0.15) is 5.10 Å². The average molecular weight is 244 g/mol. The predicted octanol–water partition coefficient (Wildman–Crippen LogP) is 2.76. The fourth-order valence-corrected chi connectivity index (χ4v) is 1.69. The number of allylic oxidation sites excluding steroid dienone is 1. The van der Waals surface area contributed by atoms with E-state index in [-0.39, 0.29) is 11.6 Å². The van der Waals surface area contributed by atoms with Crippen LogP contribution in [0, 0.1) is 12.7 Å². The summed E-state index contributed by atoms with van der Waals surface area (Å²) < 4.78 is 14.6. The zero-order valence-corrected chi connectivity index (χ0v) is 10.2. The molecule has 1 aromatic heterocycles. The molecular formula is C14H13FN2O. The second-order valence-electron chi connectivity index (χ2n) is 4.10. The van der Waals surface area contributed by atoms with E-state index in [1.807, 2.05) is 7.05 Å². The number of carbonyl (C=O) groups is 1. The molecule has 0 saturated heterocycles. The number of aryl methyl sites for hydroxylation is 2. The van der Waals surface area contributed by atoms with Crippen LogP contribution in [0.1, 0.15) is 21.5 Å². The molecule has 0 unspecified atom stereocenters. The molecule has 0 fully saturated rings. The molecule has 1 aromatic carbocycles. The van der Waals surface area contributed by atoms with Crippen molar-refractivity contribution in [3.8, 4) is 0 Å². The minimum Gasteiger partial charge on any atom is -0.289 e. The van der Waals surface area contributed by atoms with E-state index in [9.17, 15) is 9.18 Å². The largest absolute Gasteiger partial charge is 0.289 e. The molecule has 2 aromatic rings. The standard InChI is InChI=1S/C14H13FN2O/c1-10-7-12(15)4-5-13(10)14(18)6-3-11-8-16-17(2)9-11/h3-9H,1-2H3/b6-3+. The van der Waals surface area contributed by atoms with Crippen LogP contribution in [-0.2, 0) is 7.05 Å². The number of rotatable bonds is 3. The third-order valence-electron chi connectivity index (χ3n) is 2.61. The van der Waals surface area contributed by atoms with Crippen molar-refractivity contribution in [3.63, 3.8) is 0 Å². The Morgan fingerprint density at radius 3 is 2.83 bits per heavy atom. The summed E-state index contributed by atoms with van der Waals surface area (Å²) in [4.78, 5) is 11.9. The van der Waals surface area contributed by atoms with Gasteiger partial charge >= 0.3 is 0 Å². The molecule has 3 nitrogen and oxygen atoms in total. The van der Waals surface area contributed by atoms with Crippen molar-refractivity contribution < 1.29 is 9.18 Å². The van der Waals surface area contributed by atoms with Crippen molar-refractivity contribution in [2.24, 2.45) is 7.05 Å². The zero-order chi connectivity index (χ0) is 13.1. The summed E-state index contributed by atoms with van der Waals surface area (Å²) in [5, 5.41) is 4.00. The van der Waals surface area contributed by atoms with Gasteiger partial charge in [-0.05, 0) is 42.8 Å². The Kier molecular flexibility index (Phi) is 3.37. The fraction of sp³-hybridized carbons (Fsp3) is 0.143. The predicted molar refractivity (Wildman–Crippen MR) is 67.7 cm³/mol. The van der Waals surface area contributed by atoms with Crippen molar-refractivity contribution in [1.82, 2.24) is 9.78 Å². The highest BCUT2D eigenvalue weighted by Crippen LogP contribution is 2.12. The number of hydrogen-bond donors (Lipinski definition) is 0. The first-order valence-electron chi connectivity index (χ1n) is 5.53. The second-order valence-corrected chi connectivity index (χ2v) is 4.10. The highest BCUT2D eigenvalue weighted by molar-refractivity contribution is 6.07. The van der Waals surface area contributed by atoms with E-state index in [2.05, 4.69) is 5.10 Å². The van der Waals surface area contributed by atoms with Crippen molar-refractivity contribution in [2.75, 3.05) is 0 Å². The number of halogens is 1. The Bertz CT molecular complexity index is 614. The molecule has 0 aliphatic rings. The van der Waals surface area contributed by atoms with Crippen LogP contribution in [0.3, 0.4) is 0 Å². The van der Waals surface area contributed by atoms with Gasteiger partial charge in [0, 0.05) is 24.4 Å². The van der Waals surface area contributed by atoms with Crippen molar-refractivity contribution in [3.05, 3.63) is 59.2 Å². The van der Waals surface area contributed by atoms with E-state index in [4.69, 9.17) is 0 Å². The summed E-state index contributed by atoms with van der Waals surface area (Å²) in [7, 11) is 1.81. The first-order chi connectivity index (χ1) is 8.56. The molecule has 0 atom stereocenters. The van der Waals surface area contributed by atoms with E-state index in [1.54, 1.807) is 30.1 Å². The maximum Gasteiger partial charge on any atom is 0.186 e. The minimum atomic E-state index is -0.333. The Balaban J connectivity index is 2.19. The maximum absolute atomic E-state index is 12.9. The third-order valence-corrected chi connectivity index (χ3v) is 2.61. The highest BCUT2D eigenvalue weighted by Gasteiger charge is 2.06. The lowest BCUT2D eigenvalue weighted by Crippen LogP contribution is -1.98. The molecule has 0 N–H and O–H groups in total. The van der Waals surface area contributed by atoms with Crippen molar-refractivity contribution in [1.29, 1.82) is 0 Å². The molecule has 1 heterocycles. The van der Waals surface area contributed by atoms with Gasteiger partial charge in [0.25, 0.3) is 0 Å². The number of benzene rings is 1. The van der Waals surface area contributed by atoms with Crippen LogP contribution in [0.15, 0.2) is 36.7 Å². The molecule has 0 aliphatic carbocycles. The number of ketones is 1. The Morgan fingerprint density at radius 1 is 1.44 bits per heavy atom. The van der Waals surface area contributed by atoms with Gasteiger partial charge in [0.05, 0.1) is 6.20 Å². The summed E-state index contributed by atoms with van der Waals surface area (Å²) in [6.45, 7) is 1.72. The van der Waals surface area contributed by atoms with Crippen LogP contribution in [0.5, 0.6) is 0 Å². The number of aromatic nitrogens is 2. The topological polar surface area (TPSA) is 34.9 Å².